The Labute approximate surface area is 456 Å². The number of nitrogens with zero attached hydrogens (tertiary/aromatic N) is 2. The summed E-state index contributed by atoms with van der Waals surface area (Å²) in [4.78, 5) is 2.55. The fraction of sp³-hybridized carbons (Fsp3) is 0.296. The minimum Gasteiger partial charge on any atom is -0.355 e. The van der Waals surface area contributed by atoms with Gasteiger partial charge in [-0.05, 0) is 194 Å². The molecule has 0 amide bonds. The molecule has 5 heteroatoms. The molecule has 76 heavy (non-hydrogen) atoms. The Morgan fingerprint density at radius 1 is 0.553 bits per heavy atom. The lowest BCUT2D eigenvalue weighted by Gasteiger charge is -2.42. The van der Waals surface area contributed by atoms with Crippen LogP contribution in [0, 0.1) is 0 Å². The Bertz CT molecular complexity index is 3840. The summed E-state index contributed by atoms with van der Waals surface area (Å²) in [6, 6.07) is 62.6. The van der Waals surface area contributed by atoms with Crippen molar-refractivity contribution in [2.45, 2.75) is 135 Å². The highest BCUT2D eigenvalue weighted by molar-refractivity contribution is 7.29. The van der Waals surface area contributed by atoms with Crippen molar-refractivity contribution in [2.24, 2.45) is 0 Å². The fourth-order valence-electron chi connectivity index (χ4n) is 13.4. The first-order chi connectivity index (χ1) is 36.6. The van der Waals surface area contributed by atoms with Gasteiger partial charge in [-0.1, -0.05) is 160 Å². The van der Waals surface area contributed by atoms with Crippen LogP contribution >= 0.6 is 11.3 Å². The molecule has 0 fully saturated rings. The zero-order valence-electron chi connectivity index (χ0n) is 46.1. The maximum atomic E-state index is 4.14. The van der Waals surface area contributed by atoms with Crippen LogP contribution in [0.15, 0.2) is 164 Å². The van der Waals surface area contributed by atoms with E-state index in [4.69, 9.17) is 0 Å². The molecule has 3 aliphatic rings. The number of hydrogen-bond acceptors (Lipinski definition) is 3. The van der Waals surface area contributed by atoms with Gasteiger partial charge < -0.3 is 14.8 Å². The lowest BCUT2D eigenvalue weighted by Crippen LogP contribution is -2.36. The minimum atomic E-state index is -0.00502. The summed E-state index contributed by atoms with van der Waals surface area (Å²) in [5, 5.41) is 8.03. The van der Waals surface area contributed by atoms with Crippen molar-refractivity contribution in [1.82, 2.24) is 4.57 Å². The molecular weight excluding hydrogens is 938 g/mol. The number of hydrogen-bond donors (Lipinski definition) is 1. The van der Waals surface area contributed by atoms with Gasteiger partial charge in [0, 0.05) is 49.2 Å². The number of rotatable bonds is 11. The first-order valence-electron chi connectivity index (χ1n) is 28.2. The maximum absolute atomic E-state index is 4.14. The number of aromatic nitrogens is 1. The van der Waals surface area contributed by atoms with Crippen LogP contribution in [0.2, 0.25) is 0 Å². The average molecular weight is 1010 g/mol. The first kappa shape index (κ1) is 48.8. The predicted molar refractivity (Wildman–Crippen MR) is 330 cm³/mol. The molecule has 10 aromatic rings. The molecule has 0 atom stereocenters. The molecule has 1 aliphatic heterocycles. The topological polar surface area (TPSA) is 20.2 Å². The van der Waals surface area contributed by atoms with Gasteiger partial charge in [0.25, 0.3) is 0 Å². The van der Waals surface area contributed by atoms with Gasteiger partial charge in [0.15, 0.2) is 0 Å². The molecule has 2 aliphatic carbocycles. The number of aryl methyl sites for hydroxylation is 1. The van der Waals surface area contributed by atoms with Crippen LogP contribution in [-0.4, -0.2) is 11.8 Å². The van der Waals surface area contributed by atoms with Gasteiger partial charge in [0.2, 0.25) is 7.28 Å². The summed E-state index contributed by atoms with van der Waals surface area (Å²) in [7, 11) is 2.58. The van der Waals surface area contributed by atoms with E-state index >= 15 is 0 Å². The average Bonchev–Trinajstić information content (AvgIpc) is 4.11. The molecule has 0 spiro atoms. The Kier molecular flexibility index (Phi) is 11.7. The molecule has 13 rings (SSSR count). The van der Waals surface area contributed by atoms with Crippen LogP contribution < -0.4 is 20.5 Å². The molecule has 0 bridgehead atoms. The molecular formula is C71H71BN3S. The van der Waals surface area contributed by atoms with E-state index in [0.717, 1.165) is 54.9 Å². The summed E-state index contributed by atoms with van der Waals surface area (Å²) < 4.78 is 5.34. The Balaban J connectivity index is 1.19. The summed E-state index contributed by atoms with van der Waals surface area (Å²) in [6.07, 6.45) is 9.42. The number of thiophene rings is 1. The number of unbranched alkanes of at least 4 members (excludes halogenated alkanes) is 2. The van der Waals surface area contributed by atoms with Crippen molar-refractivity contribution in [3.05, 3.63) is 192 Å². The van der Waals surface area contributed by atoms with E-state index in [1.807, 2.05) is 11.3 Å². The quantitative estimate of drug-likeness (QED) is 0.103. The van der Waals surface area contributed by atoms with Crippen LogP contribution in [0.1, 0.15) is 135 Å². The van der Waals surface area contributed by atoms with Crippen molar-refractivity contribution in [3.8, 4) is 27.9 Å². The molecule has 379 valence electrons. The van der Waals surface area contributed by atoms with Gasteiger partial charge >= 0.3 is 0 Å². The van der Waals surface area contributed by atoms with E-state index < -0.39 is 0 Å². The van der Waals surface area contributed by atoms with E-state index in [1.165, 1.54) is 123 Å². The normalized spacial score (nSPS) is 16.5. The molecule has 1 radical (unpaired) electrons. The smallest absolute Gasteiger partial charge is 0.211 e. The Morgan fingerprint density at radius 2 is 1.13 bits per heavy atom. The van der Waals surface area contributed by atoms with Gasteiger partial charge in [-0.25, -0.2) is 0 Å². The van der Waals surface area contributed by atoms with Crippen molar-refractivity contribution >= 4 is 89.2 Å². The standard InChI is InChI=1S/C71H71BN3S/c1-10-11-15-22-45-29-32-48(33-30-45)73-59-43-57-55(68(2,3)35-37-70(57,6)7)40-51(59)52-42-61(74(49-25-18-13-19-26-49)50-27-20-14-21-28-50)63-53-41-56-58(71(8,9)38-36-69(56,4)5)44-60(53)75-65-54-39-47(46-23-16-12-17-24-46)31-34-62(54)76-67(65)72-64(52)66(63)75/h12-14,16-21,23-34,39-44,73H,10-11,15,22,35-38H2,1-9H3. The summed E-state index contributed by atoms with van der Waals surface area (Å²) >= 11 is 1.93. The number of nitrogens with one attached hydrogen (secondary N) is 1. The highest BCUT2D eigenvalue weighted by Gasteiger charge is 2.42. The van der Waals surface area contributed by atoms with Crippen molar-refractivity contribution in [2.75, 3.05) is 10.2 Å². The number of benzene rings is 8. The minimum absolute atomic E-state index is 0.00502. The van der Waals surface area contributed by atoms with Crippen LogP contribution in [0.5, 0.6) is 0 Å². The molecule has 0 unspecified atom stereocenters. The second kappa shape index (κ2) is 18.2. The fourth-order valence-corrected chi connectivity index (χ4v) is 14.6. The molecule has 2 aromatic heterocycles. The van der Waals surface area contributed by atoms with Gasteiger partial charge in [0.05, 0.1) is 22.4 Å². The van der Waals surface area contributed by atoms with Crippen molar-refractivity contribution in [1.29, 1.82) is 0 Å². The second-order valence-electron chi connectivity index (χ2n) is 25.1. The van der Waals surface area contributed by atoms with E-state index in [0.29, 0.717) is 0 Å². The van der Waals surface area contributed by atoms with Crippen molar-refractivity contribution in [3.63, 3.8) is 0 Å². The number of para-hydroxylation sites is 2. The van der Waals surface area contributed by atoms with Crippen LogP contribution in [0.25, 0.3) is 59.8 Å². The van der Waals surface area contributed by atoms with E-state index in [-0.39, 0.29) is 21.7 Å². The zero-order valence-corrected chi connectivity index (χ0v) is 46.9. The first-order valence-corrected chi connectivity index (χ1v) is 29.0. The third-order valence-electron chi connectivity index (χ3n) is 18.2. The third kappa shape index (κ3) is 8.05. The predicted octanol–water partition coefficient (Wildman–Crippen LogP) is 18.9. The van der Waals surface area contributed by atoms with E-state index in [9.17, 15) is 0 Å². The Morgan fingerprint density at radius 3 is 1.75 bits per heavy atom. The van der Waals surface area contributed by atoms with Gasteiger partial charge in [-0.3, -0.25) is 0 Å². The maximum Gasteiger partial charge on any atom is 0.211 e. The molecule has 0 saturated heterocycles. The van der Waals surface area contributed by atoms with E-state index in [2.05, 4.69) is 248 Å². The van der Waals surface area contributed by atoms with Gasteiger partial charge in [-0.15, -0.1) is 11.3 Å². The molecule has 8 aromatic carbocycles. The molecule has 0 saturated carbocycles. The SMILES string of the molecule is CCCCCc1ccc(Nc2cc3c(cc2-c2cc(N(c4ccccc4)c4ccccc4)c4c5cc6c(cc5n5c4c2[B]c2sc4ccc(-c7ccccc7)cc4c2-5)C(C)(C)CCC6(C)C)C(C)(C)CCC3(C)C)cc1. The van der Waals surface area contributed by atoms with E-state index in [1.54, 1.807) is 0 Å². The van der Waals surface area contributed by atoms with Crippen LogP contribution in [0.4, 0.5) is 28.4 Å². The number of anilines is 5. The second-order valence-corrected chi connectivity index (χ2v) is 26.2. The summed E-state index contributed by atoms with van der Waals surface area (Å²) in [6.45, 7) is 22.1. The van der Waals surface area contributed by atoms with Gasteiger partial charge in [-0.2, -0.15) is 0 Å². The molecule has 3 nitrogen and oxygen atoms in total. The summed E-state index contributed by atoms with van der Waals surface area (Å²) in [5.74, 6) is 0. The lowest BCUT2D eigenvalue weighted by atomic mass is 9.61. The lowest BCUT2D eigenvalue weighted by molar-refractivity contribution is 0.332. The Hall–Kier alpha value is -6.82. The molecule has 1 N–H and O–H groups in total. The summed E-state index contributed by atoms with van der Waals surface area (Å²) in [5.41, 5.74) is 23.1. The largest absolute Gasteiger partial charge is 0.355 e. The zero-order chi connectivity index (χ0) is 52.3. The highest BCUT2D eigenvalue weighted by atomic mass is 32.1. The van der Waals surface area contributed by atoms with Crippen molar-refractivity contribution < 1.29 is 0 Å². The monoisotopic (exact) mass is 1010 g/mol. The number of fused-ring (bicyclic) bond motifs is 9. The highest BCUT2D eigenvalue weighted by Crippen LogP contribution is 2.54. The van der Waals surface area contributed by atoms with Crippen LogP contribution in [0.3, 0.4) is 0 Å². The molecule has 3 heterocycles. The third-order valence-corrected chi connectivity index (χ3v) is 19.3. The van der Waals surface area contributed by atoms with Crippen LogP contribution in [-0.2, 0) is 28.1 Å². The van der Waals surface area contributed by atoms with Gasteiger partial charge in [0.1, 0.15) is 0 Å².